The molecular weight excluding hydrogens is 434 g/mol. The summed E-state index contributed by atoms with van der Waals surface area (Å²) in [4.78, 5) is 15.2. The fourth-order valence-corrected chi connectivity index (χ4v) is 3.66. The van der Waals surface area contributed by atoms with Gasteiger partial charge >= 0.3 is 5.97 Å². The van der Waals surface area contributed by atoms with Gasteiger partial charge in [0.15, 0.2) is 23.0 Å². The number of nitrogens with one attached hydrogen (secondary N) is 2. The van der Waals surface area contributed by atoms with Gasteiger partial charge in [-0.05, 0) is 30.3 Å². The second-order valence-corrected chi connectivity index (χ2v) is 7.08. The molecule has 32 heavy (non-hydrogen) atoms. The fraction of sp³-hybridized carbons (Fsp3) is 0.136. The predicted molar refractivity (Wildman–Crippen MR) is 119 cm³/mol. The number of halogens is 1. The van der Waals surface area contributed by atoms with E-state index >= 15 is 0 Å². The number of nitriles is 1. The SMILES string of the molecule is COC(=O)c1cccc(Nc2c(-c3cc(Cl)c(OC)c(OC)c3)[nH]c3c(C#N)cnn23)c1. The van der Waals surface area contributed by atoms with Crippen molar-refractivity contribution in [2.45, 2.75) is 0 Å². The molecule has 0 amide bonds. The maximum atomic E-state index is 11.9. The van der Waals surface area contributed by atoms with Gasteiger partial charge in [0.2, 0.25) is 0 Å². The lowest BCUT2D eigenvalue weighted by Gasteiger charge is -2.13. The van der Waals surface area contributed by atoms with Crippen molar-refractivity contribution < 1.29 is 19.0 Å². The first-order valence-corrected chi connectivity index (χ1v) is 9.75. The molecule has 4 rings (SSSR count). The van der Waals surface area contributed by atoms with Gasteiger partial charge in [0.05, 0.1) is 43.8 Å². The van der Waals surface area contributed by atoms with Crippen LogP contribution in [0.1, 0.15) is 15.9 Å². The molecule has 0 aliphatic heterocycles. The Kier molecular flexibility index (Phi) is 5.62. The van der Waals surface area contributed by atoms with Gasteiger partial charge in [-0.15, -0.1) is 0 Å². The Morgan fingerprint density at radius 2 is 2.03 bits per heavy atom. The molecule has 0 aliphatic carbocycles. The summed E-state index contributed by atoms with van der Waals surface area (Å²) in [5, 5.41) is 17.4. The molecule has 2 heterocycles. The third-order valence-corrected chi connectivity index (χ3v) is 5.13. The summed E-state index contributed by atoms with van der Waals surface area (Å²) in [5.41, 5.74) is 3.16. The number of methoxy groups -OCH3 is 3. The van der Waals surface area contributed by atoms with Crippen LogP contribution in [0.3, 0.4) is 0 Å². The molecule has 0 fully saturated rings. The number of carbonyl (C=O) groups excluding carboxylic acids is 1. The standard InChI is InChI=1S/C22H18ClN5O4/c1-30-17-9-13(8-16(23)19(17)31-2)18-21(28-20(27-18)14(10-24)11-25-28)26-15-6-4-5-12(7-15)22(29)32-3/h4-9,11,26-27H,1-3H3. The molecule has 0 bridgehead atoms. The van der Waals surface area contributed by atoms with E-state index in [-0.39, 0.29) is 0 Å². The zero-order valence-electron chi connectivity index (χ0n) is 17.4. The molecule has 2 N–H and O–H groups in total. The van der Waals surface area contributed by atoms with Crippen molar-refractivity contribution in [1.29, 1.82) is 5.26 Å². The van der Waals surface area contributed by atoms with Crippen LogP contribution in [0, 0.1) is 11.3 Å². The second kappa shape index (κ2) is 8.53. The Hall–Kier alpha value is -4.16. The van der Waals surface area contributed by atoms with Gasteiger partial charge < -0.3 is 24.5 Å². The van der Waals surface area contributed by atoms with Crippen molar-refractivity contribution >= 4 is 34.7 Å². The van der Waals surface area contributed by atoms with Crippen LogP contribution >= 0.6 is 11.6 Å². The molecule has 2 aromatic heterocycles. The largest absolute Gasteiger partial charge is 0.493 e. The fourth-order valence-electron chi connectivity index (χ4n) is 3.37. The molecule has 0 unspecified atom stereocenters. The number of hydrogen-bond donors (Lipinski definition) is 2. The van der Waals surface area contributed by atoms with Crippen molar-refractivity contribution in [3.63, 3.8) is 0 Å². The Balaban J connectivity index is 1.89. The number of rotatable bonds is 6. The molecule has 0 spiro atoms. The highest BCUT2D eigenvalue weighted by Gasteiger charge is 2.21. The summed E-state index contributed by atoms with van der Waals surface area (Å²) in [6.45, 7) is 0. The van der Waals surface area contributed by atoms with Crippen LogP contribution in [0.4, 0.5) is 11.5 Å². The number of aromatic amines is 1. The number of hydrogen-bond acceptors (Lipinski definition) is 7. The number of carbonyl (C=O) groups is 1. The van der Waals surface area contributed by atoms with Gasteiger partial charge in [0.25, 0.3) is 0 Å². The van der Waals surface area contributed by atoms with E-state index in [2.05, 4.69) is 21.5 Å². The molecule has 2 aromatic carbocycles. The second-order valence-electron chi connectivity index (χ2n) is 6.67. The van der Waals surface area contributed by atoms with Crippen molar-refractivity contribution in [2.24, 2.45) is 0 Å². The quantitative estimate of drug-likeness (QED) is 0.417. The van der Waals surface area contributed by atoms with E-state index < -0.39 is 5.97 Å². The molecule has 4 aromatic rings. The highest BCUT2D eigenvalue weighted by atomic mass is 35.5. The zero-order chi connectivity index (χ0) is 22.8. The van der Waals surface area contributed by atoms with Crippen LogP contribution in [0.25, 0.3) is 16.9 Å². The molecule has 162 valence electrons. The molecule has 0 saturated heterocycles. The Labute approximate surface area is 188 Å². The summed E-state index contributed by atoms with van der Waals surface area (Å²) in [6.07, 6.45) is 1.47. The lowest BCUT2D eigenvalue weighted by atomic mass is 10.1. The Morgan fingerprint density at radius 1 is 1.22 bits per heavy atom. The average Bonchev–Trinajstić information content (AvgIpc) is 3.37. The molecule has 0 atom stereocenters. The van der Waals surface area contributed by atoms with Gasteiger partial charge in [0, 0.05) is 11.3 Å². The number of imidazole rings is 1. The summed E-state index contributed by atoms with van der Waals surface area (Å²) in [6, 6.07) is 12.4. The van der Waals surface area contributed by atoms with E-state index in [4.69, 9.17) is 25.8 Å². The van der Waals surface area contributed by atoms with E-state index in [1.165, 1.54) is 27.5 Å². The summed E-state index contributed by atoms with van der Waals surface area (Å²) in [5.74, 6) is 0.936. The maximum Gasteiger partial charge on any atom is 0.337 e. The molecule has 9 nitrogen and oxygen atoms in total. The number of H-pyrrole nitrogens is 1. The minimum Gasteiger partial charge on any atom is -0.493 e. The van der Waals surface area contributed by atoms with Crippen LogP contribution < -0.4 is 14.8 Å². The van der Waals surface area contributed by atoms with Gasteiger partial charge in [-0.1, -0.05) is 17.7 Å². The smallest absolute Gasteiger partial charge is 0.337 e. The third kappa shape index (κ3) is 3.57. The van der Waals surface area contributed by atoms with E-state index in [1.807, 2.05) is 0 Å². The maximum absolute atomic E-state index is 11.9. The third-order valence-electron chi connectivity index (χ3n) is 4.85. The number of benzene rings is 2. The van der Waals surface area contributed by atoms with Crippen LogP contribution in [0.5, 0.6) is 11.5 Å². The topological polar surface area (TPSA) is 114 Å². The molecule has 0 saturated carbocycles. The average molecular weight is 452 g/mol. The van der Waals surface area contributed by atoms with Gasteiger partial charge in [-0.25, -0.2) is 4.79 Å². The number of nitrogens with zero attached hydrogens (tertiary/aromatic N) is 3. The normalized spacial score (nSPS) is 10.6. The van der Waals surface area contributed by atoms with Gasteiger partial charge in [0.1, 0.15) is 11.6 Å². The molecule has 0 radical (unpaired) electrons. The zero-order valence-corrected chi connectivity index (χ0v) is 18.1. The minimum absolute atomic E-state index is 0.355. The molecular formula is C22H18ClN5O4. The minimum atomic E-state index is -0.453. The van der Waals surface area contributed by atoms with Gasteiger partial charge in [-0.3, -0.25) is 0 Å². The number of esters is 1. The monoisotopic (exact) mass is 451 g/mol. The van der Waals surface area contributed by atoms with E-state index in [0.717, 1.165) is 0 Å². The first kappa shape index (κ1) is 21.1. The lowest BCUT2D eigenvalue weighted by molar-refractivity contribution is 0.0601. The van der Waals surface area contributed by atoms with Crippen LogP contribution in [0.2, 0.25) is 5.02 Å². The van der Waals surface area contributed by atoms with Crippen molar-refractivity contribution in [2.75, 3.05) is 26.6 Å². The van der Waals surface area contributed by atoms with E-state index in [9.17, 15) is 10.1 Å². The molecule has 0 aliphatic rings. The number of anilines is 2. The molecule has 10 heteroatoms. The lowest BCUT2D eigenvalue weighted by Crippen LogP contribution is -2.03. The summed E-state index contributed by atoms with van der Waals surface area (Å²) >= 11 is 6.41. The van der Waals surface area contributed by atoms with Crippen LogP contribution in [0.15, 0.2) is 42.6 Å². The summed E-state index contributed by atoms with van der Waals surface area (Å²) < 4.78 is 17.1. The first-order chi connectivity index (χ1) is 15.5. The van der Waals surface area contributed by atoms with Crippen molar-refractivity contribution in [3.05, 3.63) is 58.7 Å². The van der Waals surface area contributed by atoms with Crippen LogP contribution in [-0.2, 0) is 4.74 Å². The summed E-state index contributed by atoms with van der Waals surface area (Å²) in [7, 11) is 4.35. The number of aromatic nitrogens is 3. The Morgan fingerprint density at radius 3 is 2.72 bits per heavy atom. The number of fused-ring (bicyclic) bond motifs is 1. The predicted octanol–water partition coefficient (Wildman–Crippen LogP) is 4.40. The van der Waals surface area contributed by atoms with Gasteiger partial charge in [-0.2, -0.15) is 14.9 Å². The van der Waals surface area contributed by atoms with E-state index in [1.54, 1.807) is 40.9 Å². The Bertz CT molecular complexity index is 1370. The highest BCUT2D eigenvalue weighted by Crippen LogP contribution is 2.41. The number of ether oxygens (including phenoxy) is 3. The van der Waals surface area contributed by atoms with Crippen molar-refractivity contribution in [1.82, 2.24) is 14.6 Å². The highest BCUT2D eigenvalue weighted by molar-refractivity contribution is 6.32. The first-order valence-electron chi connectivity index (χ1n) is 9.37. The van der Waals surface area contributed by atoms with Crippen molar-refractivity contribution in [3.8, 4) is 28.8 Å². The van der Waals surface area contributed by atoms with Crippen LogP contribution in [-0.4, -0.2) is 41.9 Å². The van der Waals surface area contributed by atoms with E-state index in [0.29, 0.717) is 56.1 Å².